The van der Waals surface area contributed by atoms with Gasteiger partial charge in [0.2, 0.25) is 0 Å². The van der Waals surface area contributed by atoms with E-state index in [9.17, 15) is 14.4 Å². The maximum Gasteiger partial charge on any atom is 0.325 e. The van der Waals surface area contributed by atoms with E-state index in [1.165, 1.54) is 6.42 Å². The van der Waals surface area contributed by atoms with Crippen LogP contribution < -0.4 is 20.9 Å². The third-order valence-electron chi connectivity index (χ3n) is 6.26. The van der Waals surface area contributed by atoms with E-state index in [0.717, 1.165) is 57.3 Å². The molecule has 1 heterocycles. The first-order valence-corrected chi connectivity index (χ1v) is 11.9. The maximum absolute atomic E-state index is 13.2. The van der Waals surface area contributed by atoms with E-state index in [4.69, 9.17) is 4.74 Å². The highest BCUT2D eigenvalue weighted by Gasteiger charge is 2.24. The zero-order chi connectivity index (χ0) is 22.9. The van der Waals surface area contributed by atoms with Crippen molar-refractivity contribution in [1.29, 1.82) is 0 Å². The lowest BCUT2D eigenvalue weighted by atomic mass is 9.95. The van der Waals surface area contributed by atoms with Gasteiger partial charge < -0.3 is 25.6 Å². The van der Waals surface area contributed by atoms with Crippen LogP contribution in [-0.4, -0.2) is 50.2 Å². The van der Waals surface area contributed by atoms with Gasteiger partial charge in [-0.3, -0.25) is 9.59 Å². The van der Waals surface area contributed by atoms with Crippen molar-refractivity contribution in [3.8, 4) is 0 Å². The van der Waals surface area contributed by atoms with Gasteiger partial charge in [0.15, 0.2) is 0 Å². The second-order valence-electron chi connectivity index (χ2n) is 8.82. The molecule has 0 atom stereocenters. The molecule has 3 N–H and O–H groups in total. The van der Waals surface area contributed by atoms with Crippen molar-refractivity contribution in [3.63, 3.8) is 0 Å². The Kier molecular flexibility index (Phi) is 8.76. The van der Waals surface area contributed by atoms with E-state index in [-0.39, 0.29) is 25.1 Å². The lowest BCUT2D eigenvalue weighted by molar-refractivity contribution is -0.141. The molecule has 8 nitrogen and oxygen atoms in total. The van der Waals surface area contributed by atoms with Crippen molar-refractivity contribution >= 4 is 29.3 Å². The van der Waals surface area contributed by atoms with Crippen molar-refractivity contribution in [1.82, 2.24) is 10.6 Å². The molecule has 2 fully saturated rings. The number of urea groups is 1. The van der Waals surface area contributed by atoms with Crippen LogP contribution in [0.3, 0.4) is 0 Å². The molecular weight excluding hydrogens is 408 g/mol. The summed E-state index contributed by atoms with van der Waals surface area (Å²) in [6.45, 7) is 5.85. The Bertz CT molecular complexity index is 799. The highest BCUT2D eigenvalue weighted by atomic mass is 16.5. The number of benzene rings is 1. The molecule has 1 aliphatic carbocycles. The normalized spacial score (nSPS) is 17.5. The van der Waals surface area contributed by atoms with Crippen LogP contribution in [0.25, 0.3) is 0 Å². The standard InChI is InChI=1S/C24H36N4O4/c1-3-32-22(29)16-25-24(31)27-19-9-10-21(28-13-11-17(2)12-14-28)20(15-19)23(30)26-18-7-5-4-6-8-18/h9-10,15,17-18H,3-8,11-14,16H2,1-2H3,(H,26,30)(H2,25,27,31). The number of esters is 1. The van der Waals surface area contributed by atoms with Crippen LogP contribution in [0.5, 0.6) is 0 Å². The Morgan fingerprint density at radius 1 is 1.06 bits per heavy atom. The first-order chi connectivity index (χ1) is 15.5. The molecule has 0 spiro atoms. The molecule has 32 heavy (non-hydrogen) atoms. The van der Waals surface area contributed by atoms with Crippen molar-refractivity contribution < 1.29 is 19.1 Å². The monoisotopic (exact) mass is 444 g/mol. The van der Waals surface area contributed by atoms with Crippen LogP contribution in [0.15, 0.2) is 18.2 Å². The van der Waals surface area contributed by atoms with Crippen molar-refractivity contribution in [2.75, 3.05) is 36.5 Å². The molecule has 176 valence electrons. The molecule has 1 saturated carbocycles. The average Bonchev–Trinajstić information content (AvgIpc) is 2.79. The van der Waals surface area contributed by atoms with E-state index in [1.807, 2.05) is 6.07 Å². The number of ether oxygens (including phenoxy) is 1. The minimum Gasteiger partial charge on any atom is -0.465 e. The quantitative estimate of drug-likeness (QED) is 0.557. The molecule has 1 aliphatic heterocycles. The maximum atomic E-state index is 13.2. The second-order valence-corrected chi connectivity index (χ2v) is 8.82. The van der Waals surface area contributed by atoms with E-state index in [0.29, 0.717) is 17.2 Å². The number of carbonyl (C=O) groups is 3. The molecule has 0 unspecified atom stereocenters. The van der Waals surface area contributed by atoms with E-state index in [1.54, 1.807) is 19.1 Å². The Morgan fingerprint density at radius 3 is 2.47 bits per heavy atom. The molecule has 8 heteroatoms. The summed E-state index contributed by atoms with van der Waals surface area (Å²) >= 11 is 0. The van der Waals surface area contributed by atoms with Crippen LogP contribution in [-0.2, 0) is 9.53 Å². The zero-order valence-electron chi connectivity index (χ0n) is 19.2. The third-order valence-corrected chi connectivity index (χ3v) is 6.26. The molecule has 1 aromatic carbocycles. The molecule has 0 aromatic heterocycles. The Labute approximate surface area is 190 Å². The Balaban J connectivity index is 1.73. The third kappa shape index (κ3) is 6.87. The lowest BCUT2D eigenvalue weighted by Gasteiger charge is -2.34. The van der Waals surface area contributed by atoms with Gasteiger partial charge in [-0.1, -0.05) is 26.2 Å². The van der Waals surface area contributed by atoms with Crippen molar-refractivity contribution in [2.24, 2.45) is 5.92 Å². The van der Waals surface area contributed by atoms with Gasteiger partial charge in [0.1, 0.15) is 6.54 Å². The number of hydrogen-bond acceptors (Lipinski definition) is 5. The SMILES string of the molecule is CCOC(=O)CNC(=O)Nc1ccc(N2CCC(C)CC2)c(C(=O)NC2CCCCC2)c1. The van der Waals surface area contributed by atoms with E-state index >= 15 is 0 Å². The summed E-state index contributed by atoms with van der Waals surface area (Å²) < 4.78 is 4.82. The van der Waals surface area contributed by atoms with Crippen molar-refractivity contribution in [3.05, 3.63) is 23.8 Å². The van der Waals surface area contributed by atoms with Gasteiger partial charge in [-0.15, -0.1) is 0 Å². The molecule has 3 amide bonds. The number of piperidine rings is 1. The highest BCUT2D eigenvalue weighted by Crippen LogP contribution is 2.29. The molecule has 1 saturated heterocycles. The van der Waals surface area contributed by atoms with Gasteiger partial charge in [0.05, 0.1) is 12.2 Å². The van der Waals surface area contributed by atoms with Gasteiger partial charge in [-0.05, 0) is 56.7 Å². The first-order valence-electron chi connectivity index (χ1n) is 11.9. The summed E-state index contributed by atoms with van der Waals surface area (Å²) in [4.78, 5) is 39.2. The summed E-state index contributed by atoms with van der Waals surface area (Å²) in [6.07, 6.45) is 7.73. The molecule has 0 bridgehead atoms. The van der Waals surface area contributed by atoms with Gasteiger partial charge in [0.25, 0.3) is 5.91 Å². The van der Waals surface area contributed by atoms with Crippen LogP contribution in [0.1, 0.15) is 69.2 Å². The largest absolute Gasteiger partial charge is 0.465 e. The minimum absolute atomic E-state index is 0.0962. The van der Waals surface area contributed by atoms with E-state index < -0.39 is 12.0 Å². The number of hydrogen-bond donors (Lipinski definition) is 3. The van der Waals surface area contributed by atoms with Crippen molar-refractivity contribution in [2.45, 2.75) is 64.8 Å². The van der Waals surface area contributed by atoms with Crippen LogP contribution >= 0.6 is 0 Å². The fourth-order valence-electron chi connectivity index (χ4n) is 4.37. The Morgan fingerprint density at radius 2 is 1.78 bits per heavy atom. The van der Waals surface area contributed by atoms with Crippen LogP contribution in [0, 0.1) is 5.92 Å². The molecule has 1 aromatic rings. The minimum atomic E-state index is -0.517. The number of amides is 3. The molecule has 3 rings (SSSR count). The van der Waals surface area contributed by atoms with Gasteiger partial charge in [0, 0.05) is 30.5 Å². The number of nitrogens with one attached hydrogen (secondary N) is 3. The van der Waals surface area contributed by atoms with Crippen LogP contribution in [0.4, 0.5) is 16.2 Å². The average molecular weight is 445 g/mol. The second kappa shape index (κ2) is 11.7. The number of nitrogens with zero attached hydrogens (tertiary/aromatic N) is 1. The van der Waals surface area contributed by atoms with Gasteiger partial charge in [-0.25, -0.2) is 4.79 Å². The topological polar surface area (TPSA) is 99.8 Å². The fraction of sp³-hybridized carbons (Fsp3) is 0.625. The summed E-state index contributed by atoms with van der Waals surface area (Å²) in [5.41, 5.74) is 1.99. The first kappa shape index (κ1) is 23.9. The number of carbonyl (C=O) groups excluding carboxylic acids is 3. The fourth-order valence-corrected chi connectivity index (χ4v) is 4.37. The van der Waals surface area contributed by atoms with Crippen LogP contribution in [0.2, 0.25) is 0 Å². The zero-order valence-corrected chi connectivity index (χ0v) is 19.2. The lowest BCUT2D eigenvalue weighted by Crippen LogP contribution is -2.39. The van der Waals surface area contributed by atoms with Gasteiger partial charge in [-0.2, -0.15) is 0 Å². The van der Waals surface area contributed by atoms with E-state index in [2.05, 4.69) is 27.8 Å². The summed E-state index contributed by atoms with van der Waals surface area (Å²) in [5.74, 6) is 0.0979. The summed E-state index contributed by atoms with van der Waals surface area (Å²) in [6, 6.07) is 5.13. The van der Waals surface area contributed by atoms with Gasteiger partial charge >= 0.3 is 12.0 Å². The summed E-state index contributed by atoms with van der Waals surface area (Å²) in [5, 5.41) is 8.40. The number of rotatable bonds is 7. The molecule has 0 radical (unpaired) electrons. The Hall–Kier alpha value is -2.77. The summed E-state index contributed by atoms with van der Waals surface area (Å²) in [7, 11) is 0. The predicted molar refractivity (Wildman–Crippen MR) is 125 cm³/mol. The molecule has 2 aliphatic rings. The highest BCUT2D eigenvalue weighted by molar-refractivity contribution is 6.02. The number of anilines is 2. The molecular formula is C24H36N4O4. The smallest absolute Gasteiger partial charge is 0.325 e. The predicted octanol–water partition coefficient (Wildman–Crippen LogP) is 3.67.